The van der Waals surface area contributed by atoms with Gasteiger partial charge in [0.1, 0.15) is 4.88 Å². The fraction of sp³-hybridized carbons (Fsp3) is 0.385. The summed E-state index contributed by atoms with van der Waals surface area (Å²) in [6.45, 7) is 6.18. The first-order valence-corrected chi connectivity index (χ1v) is 11.9. The van der Waals surface area contributed by atoms with Gasteiger partial charge in [-0.2, -0.15) is 0 Å². The zero-order chi connectivity index (χ0) is 22.1. The molecular formula is C26H29NO3S. The highest BCUT2D eigenvalue weighted by Crippen LogP contribution is 2.44. The van der Waals surface area contributed by atoms with Gasteiger partial charge in [0.25, 0.3) is 0 Å². The zero-order valence-corrected chi connectivity index (χ0v) is 19.1. The van der Waals surface area contributed by atoms with Crippen LogP contribution in [0.25, 0.3) is 21.2 Å². The summed E-state index contributed by atoms with van der Waals surface area (Å²) < 4.78 is 0.914. The van der Waals surface area contributed by atoms with Crippen LogP contribution in [0.4, 0.5) is 5.69 Å². The Hall–Kier alpha value is -2.66. The largest absolute Gasteiger partial charge is 0.477 e. The van der Waals surface area contributed by atoms with Gasteiger partial charge in [-0.05, 0) is 56.6 Å². The number of fused-ring (bicyclic) bond motifs is 1. The van der Waals surface area contributed by atoms with E-state index in [0.29, 0.717) is 11.6 Å². The summed E-state index contributed by atoms with van der Waals surface area (Å²) in [4.78, 5) is 27.9. The standard InChI is InChI=1S/C26H29NO3S/c1-16(2)27(25(28)19-14-12-17(3)13-15-19)22-21-11-7-10-20(18-8-5-4-6-9-18)23(21)31-24(22)26(29)30/h4-11,16-17,19H,12-15H2,1-3H3,(H,29,30). The quantitative estimate of drug-likeness (QED) is 0.477. The van der Waals surface area contributed by atoms with Gasteiger partial charge in [-0.15, -0.1) is 11.3 Å². The normalized spacial score (nSPS) is 19.0. The van der Waals surface area contributed by atoms with Crippen LogP contribution in [0, 0.1) is 11.8 Å². The van der Waals surface area contributed by atoms with Crippen LogP contribution in [0.5, 0.6) is 0 Å². The summed E-state index contributed by atoms with van der Waals surface area (Å²) in [6, 6.07) is 15.8. The molecule has 0 spiro atoms. The third kappa shape index (κ3) is 4.11. The number of carbonyl (C=O) groups excluding carboxylic acids is 1. The maximum atomic E-state index is 13.7. The number of amides is 1. The molecule has 162 valence electrons. The van der Waals surface area contributed by atoms with Gasteiger partial charge in [-0.1, -0.05) is 55.5 Å². The van der Waals surface area contributed by atoms with Crippen molar-refractivity contribution in [3.8, 4) is 11.1 Å². The first-order valence-electron chi connectivity index (χ1n) is 11.1. The van der Waals surface area contributed by atoms with E-state index >= 15 is 0 Å². The molecule has 5 heteroatoms. The Balaban J connectivity index is 1.87. The Labute approximate surface area is 187 Å². The van der Waals surface area contributed by atoms with Crippen LogP contribution in [-0.4, -0.2) is 23.0 Å². The Bertz CT molecular complexity index is 1090. The number of carboxylic acids is 1. The first kappa shape index (κ1) is 21.6. The summed E-state index contributed by atoms with van der Waals surface area (Å²) >= 11 is 1.27. The van der Waals surface area contributed by atoms with Crippen molar-refractivity contribution in [1.29, 1.82) is 0 Å². The molecule has 2 aromatic carbocycles. The van der Waals surface area contributed by atoms with E-state index in [1.165, 1.54) is 11.3 Å². The molecule has 0 radical (unpaired) electrons. The average Bonchev–Trinajstić information content (AvgIpc) is 3.14. The molecule has 1 aromatic heterocycles. The monoisotopic (exact) mass is 435 g/mol. The lowest BCUT2D eigenvalue weighted by atomic mass is 9.82. The lowest BCUT2D eigenvalue weighted by molar-refractivity contribution is -0.123. The van der Waals surface area contributed by atoms with Crippen molar-refractivity contribution in [3.05, 3.63) is 53.4 Å². The van der Waals surface area contributed by atoms with Gasteiger partial charge in [0, 0.05) is 22.0 Å². The summed E-state index contributed by atoms with van der Waals surface area (Å²) in [6.07, 6.45) is 3.86. The molecule has 0 aliphatic heterocycles. The third-order valence-electron chi connectivity index (χ3n) is 6.33. The second-order valence-corrected chi connectivity index (χ2v) is 9.91. The van der Waals surface area contributed by atoms with E-state index in [1.807, 2.05) is 62.4 Å². The molecule has 0 bridgehead atoms. The van der Waals surface area contributed by atoms with Crippen LogP contribution in [0.15, 0.2) is 48.5 Å². The topological polar surface area (TPSA) is 57.6 Å². The van der Waals surface area contributed by atoms with Gasteiger partial charge in [0.2, 0.25) is 5.91 Å². The van der Waals surface area contributed by atoms with Gasteiger partial charge >= 0.3 is 5.97 Å². The van der Waals surface area contributed by atoms with E-state index in [4.69, 9.17) is 0 Å². The fourth-order valence-corrected chi connectivity index (χ4v) is 5.83. The molecule has 31 heavy (non-hydrogen) atoms. The first-order chi connectivity index (χ1) is 14.9. The van der Waals surface area contributed by atoms with Crippen molar-refractivity contribution in [2.75, 3.05) is 4.90 Å². The van der Waals surface area contributed by atoms with Crippen molar-refractivity contribution in [2.45, 2.75) is 52.5 Å². The lowest BCUT2D eigenvalue weighted by Gasteiger charge is -2.33. The number of carboxylic acid groups (broad SMARTS) is 1. The Kier molecular flexibility index (Phi) is 6.15. The summed E-state index contributed by atoms with van der Waals surface area (Å²) in [5.74, 6) is -0.297. The lowest BCUT2D eigenvalue weighted by Crippen LogP contribution is -2.42. The second kappa shape index (κ2) is 8.83. The molecule has 4 nitrogen and oxygen atoms in total. The average molecular weight is 436 g/mol. The number of anilines is 1. The third-order valence-corrected chi connectivity index (χ3v) is 7.54. The van der Waals surface area contributed by atoms with Crippen molar-refractivity contribution in [2.24, 2.45) is 11.8 Å². The Morgan fingerprint density at radius 2 is 1.68 bits per heavy atom. The van der Waals surface area contributed by atoms with Crippen molar-refractivity contribution in [1.82, 2.24) is 0 Å². The molecule has 1 heterocycles. The SMILES string of the molecule is CC1CCC(C(=O)N(c2c(C(=O)O)sc3c(-c4ccccc4)cccc23)C(C)C)CC1. The molecule has 0 saturated heterocycles. The molecule has 0 unspecified atom stereocenters. The number of hydrogen-bond donors (Lipinski definition) is 1. The van der Waals surface area contributed by atoms with Crippen molar-refractivity contribution >= 4 is 39.0 Å². The maximum Gasteiger partial charge on any atom is 0.348 e. The van der Waals surface area contributed by atoms with Gasteiger partial charge < -0.3 is 10.0 Å². The van der Waals surface area contributed by atoms with Crippen LogP contribution in [0.3, 0.4) is 0 Å². The molecular weight excluding hydrogens is 406 g/mol. The van der Waals surface area contributed by atoms with E-state index < -0.39 is 5.97 Å². The van der Waals surface area contributed by atoms with Crippen LogP contribution in [0.2, 0.25) is 0 Å². The molecule has 4 rings (SSSR count). The summed E-state index contributed by atoms with van der Waals surface area (Å²) in [7, 11) is 0. The molecule has 1 amide bonds. The molecule has 1 saturated carbocycles. The van der Waals surface area contributed by atoms with Crippen LogP contribution < -0.4 is 4.90 Å². The molecule has 1 fully saturated rings. The van der Waals surface area contributed by atoms with Gasteiger partial charge in [-0.3, -0.25) is 4.79 Å². The minimum absolute atomic E-state index is 0.0347. The highest BCUT2D eigenvalue weighted by Gasteiger charge is 2.34. The van der Waals surface area contributed by atoms with E-state index in [9.17, 15) is 14.7 Å². The number of hydrogen-bond acceptors (Lipinski definition) is 3. The summed E-state index contributed by atoms with van der Waals surface area (Å²) in [5, 5.41) is 10.9. The predicted octanol–water partition coefficient (Wildman–Crippen LogP) is 6.83. The smallest absolute Gasteiger partial charge is 0.348 e. The molecule has 0 atom stereocenters. The van der Waals surface area contributed by atoms with E-state index in [1.54, 1.807) is 4.90 Å². The predicted molar refractivity (Wildman–Crippen MR) is 128 cm³/mol. The molecule has 3 aromatic rings. The van der Waals surface area contributed by atoms with Gasteiger partial charge in [0.05, 0.1) is 5.69 Å². The maximum absolute atomic E-state index is 13.7. The van der Waals surface area contributed by atoms with Crippen LogP contribution in [-0.2, 0) is 4.79 Å². The van der Waals surface area contributed by atoms with Gasteiger partial charge in [0.15, 0.2) is 0 Å². The molecule has 1 N–H and O–H groups in total. The van der Waals surface area contributed by atoms with Crippen LogP contribution in [0.1, 0.15) is 56.1 Å². The minimum atomic E-state index is -0.981. The van der Waals surface area contributed by atoms with E-state index in [0.717, 1.165) is 46.9 Å². The van der Waals surface area contributed by atoms with Crippen molar-refractivity contribution in [3.63, 3.8) is 0 Å². The van der Waals surface area contributed by atoms with E-state index in [-0.39, 0.29) is 22.7 Å². The number of rotatable bonds is 5. The Morgan fingerprint density at radius 1 is 1.00 bits per heavy atom. The number of thiophene rings is 1. The van der Waals surface area contributed by atoms with E-state index in [2.05, 4.69) is 6.92 Å². The van der Waals surface area contributed by atoms with Crippen molar-refractivity contribution < 1.29 is 14.7 Å². The second-order valence-electron chi connectivity index (χ2n) is 8.89. The van der Waals surface area contributed by atoms with Crippen LogP contribution >= 0.6 is 11.3 Å². The highest BCUT2D eigenvalue weighted by atomic mass is 32.1. The zero-order valence-electron chi connectivity index (χ0n) is 18.3. The molecule has 1 aliphatic rings. The highest BCUT2D eigenvalue weighted by molar-refractivity contribution is 7.22. The number of benzene rings is 2. The fourth-order valence-electron chi connectivity index (χ4n) is 4.66. The summed E-state index contributed by atoms with van der Waals surface area (Å²) in [5.41, 5.74) is 2.60. The minimum Gasteiger partial charge on any atom is -0.477 e. The molecule has 1 aliphatic carbocycles. The van der Waals surface area contributed by atoms with Gasteiger partial charge in [-0.25, -0.2) is 4.79 Å². The number of aromatic carboxylic acids is 1. The Morgan fingerprint density at radius 3 is 2.29 bits per heavy atom. The number of carbonyl (C=O) groups is 2. The number of nitrogens with zero attached hydrogens (tertiary/aromatic N) is 1.